The van der Waals surface area contributed by atoms with E-state index < -0.39 is 0 Å². The highest BCUT2D eigenvalue weighted by Gasteiger charge is 2.30. The molecule has 2 amide bonds. The third-order valence-electron chi connectivity index (χ3n) is 6.58. The molecule has 9 nitrogen and oxygen atoms in total. The van der Waals surface area contributed by atoms with Crippen molar-refractivity contribution in [1.82, 2.24) is 20.0 Å². The van der Waals surface area contributed by atoms with Crippen LogP contribution >= 0.6 is 0 Å². The van der Waals surface area contributed by atoms with Gasteiger partial charge in [-0.15, -0.1) is 0 Å². The van der Waals surface area contributed by atoms with Crippen molar-refractivity contribution >= 4 is 11.8 Å². The highest BCUT2D eigenvalue weighted by atomic mass is 16.5. The lowest BCUT2D eigenvalue weighted by atomic mass is 10.0. The summed E-state index contributed by atoms with van der Waals surface area (Å²) < 4.78 is 18.0. The molecule has 4 rings (SSSR count). The summed E-state index contributed by atoms with van der Waals surface area (Å²) in [6.45, 7) is 0.958. The number of nitrogens with zero attached hydrogens (tertiary/aromatic N) is 3. The van der Waals surface area contributed by atoms with Crippen molar-refractivity contribution in [1.29, 1.82) is 0 Å². The first-order chi connectivity index (χ1) is 15.9. The van der Waals surface area contributed by atoms with Crippen molar-refractivity contribution in [2.75, 3.05) is 27.9 Å². The Morgan fingerprint density at radius 3 is 2.36 bits per heavy atom. The van der Waals surface area contributed by atoms with Crippen LogP contribution in [-0.4, -0.2) is 60.4 Å². The molecule has 1 aliphatic carbocycles. The highest BCUT2D eigenvalue weighted by Crippen LogP contribution is 2.38. The van der Waals surface area contributed by atoms with Gasteiger partial charge in [-0.3, -0.25) is 14.3 Å². The minimum Gasteiger partial charge on any atom is -0.493 e. The molecule has 0 bridgehead atoms. The van der Waals surface area contributed by atoms with E-state index in [1.54, 1.807) is 43.0 Å². The lowest BCUT2D eigenvalue weighted by Gasteiger charge is -2.28. The number of fused-ring (bicyclic) bond motifs is 1. The first-order valence-electron chi connectivity index (χ1n) is 11.4. The summed E-state index contributed by atoms with van der Waals surface area (Å²) in [5.41, 5.74) is 3.07. The molecule has 33 heavy (non-hydrogen) atoms. The standard InChI is InChI=1S/C24H32N4O5/c1-27-18-9-10-28(14-17(18)22(26-27)24(30)25-16-7-5-6-8-16)21(29)13-15-11-19(31-2)23(33-4)20(12-15)32-3/h11-12,16H,5-10,13-14H2,1-4H3,(H,25,30). The lowest BCUT2D eigenvalue weighted by molar-refractivity contribution is -0.131. The van der Waals surface area contributed by atoms with Crippen molar-refractivity contribution in [3.63, 3.8) is 0 Å². The molecule has 0 unspecified atom stereocenters. The topological polar surface area (TPSA) is 94.9 Å². The molecule has 0 atom stereocenters. The quantitative estimate of drug-likeness (QED) is 0.687. The maximum absolute atomic E-state index is 13.2. The van der Waals surface area contributed by atoms with Gasteiger partial charge < -0.3 is 24.4 Å². The first-order valence-corrected chi connectivity index (χ1v) is 11.4. The van der Waals surface area contributed by atoms with Crippen LogP contribution in [0.5, 0.6) is 17.2 Å². The first kappa shape index (κ1) is 22.9. The van der Waals surface area contributed by atoms with Gasteiger partial charge in [-0.2, -0.15) is 5.10 Å². The van der Waals surface area contributed by atoms with Crippen LogP contribution in [0, 0.1) is 0 Å². The van der Waals surface area contributed by atoms with Gasteiger partial charge in [-0.25, -0.2) is 0 Å². The number of aromatic nitrogens is 2. The van der Waals surface area contributed by atoms with Gasteiger partial charge in [0.25, 0.3) is 5.91 Å². The minimum atomic E-state index is -0.141. The van der Waals surface area contributed by atoms with E-state index in [0.717, 1.165) is 42.5 Å². The Morgan fingerprint density at radius 1 is 1.09 bits per heavy atom. The maximum atomic E-state index is 13.2. The summed E-state index contributed by atoms with van der Waals surface area (Å²) in [7, 11) is 6.51. The van der Waals surface area contributed by atoms with Gasteiger partial charge in [-0.05, 0) is 30.5 Å². The molecule has 1 saturated carbocycles. The number of aryl methyl sites for hydroxylation is 1. The summed E-state index contributed by atoms with van der Waals surface area (Å²) in [4.78, 5) is 27.9. The van der Waals surface area contributed by atoms with Gasteiger partial charge in [0.05, 0.1) is 27.8 Å². The molecule has 0 saturated heterocycles. The van der Waals surface area contributed by atoms with Crippen LogP contribution in [0.1, 0.15) is 53.0 Å². The van der Waals surface area contributed by atoms with Gasteiger partial charge in [0.15, 0.2) is 17.2 Å². The van der Waals surface area contributed by atoms with E-state index in [1.165, 1.54) is 0 Å². The van der Waals surface area contributed by atoms with Crippen LogP contribution in [0.25, 0.3) is 0 Å². The number of ether oxygens (including phenoxy) is 3. The van der Waals surface area contributed by atoms with E-state index >= 15 is 0 Å². The van der Waals surface area contributed by atoms with Crippen LogP contribution in [-0.2, 0) is 31.2 Å². The van der Waals surface area contributed by atoms with Crippen LogP contribution in [0.4, 0.5) is 0 Å². The normalized spacial score (nSPS) is 15.8. The Labute approximate surface area is 194 Å². The fraction of sp³-hybridized carbons (Fsp3) is 0.542. The predicted octanol–water partition coefficient (Wildman–Crippen LogP) is 2.25. The number of amides is 2. The number of carbonyl (C=O) groups excluding carboxylic acids is 2. The molecule has 9 heteroatoms. The van der Waals surface area contributed by atoms with E-state index in [9.17, 15) is 9.59 Å². The second-order valence-corrected chi connectivity index (χ2v) is 8.63. The summed E-state index contributed by atoms with van der Waals surface area (Å²) in [5, 5.41) is 7.62. The second-order valence-electron chi connectivity index (χ2n) is 8.63. The largest absolute Gasteiger partial charge is 0.493 e. The molecule has 2 aromatic rings. The molecule has 1 fully saturated rings. The van der Waals surface area contributed by atoms with Crippen molar-refractivity contribution in [3.05, 3.63) is 34.6 Å². The molecule has 1 N–H and O–H groups in total. The molecule has 2 heterocycles. The third-order valence-corrected chi connectivity index (χ3v) is 6.58. The average molecular weight is 457 g/mol. The van der Waals surface area contributed by atoms with Crippen molar-refractivity contribution in [2.24, 2.45) is 7.05 Å². The third kappa shape index (κ3) is 4.62. The molecular weight excluding hydrogens is 424 g/mol. The van der Waals surface area contributed by atoms with Crippen LogP contribution in [0.15, 0.2) is 12.1 Å². The zero-order chi connectivity index (χ0) is 23.5. The summed E-state index contributed by atoms with van der Waals surface area (Å²) in [5.74, 6) is 1.35. The SMILES string of the molecule is COc1cc(CC(=O)N2CCc3c(c(C(=O)NC4CCCC4)nn3C)C2)cc(OC)c1OC. The molecule has 178 valence electrons. The number of nitrogens with one attached hydrogen (secondary N) is 1. The molecule has 0 spiro atoms. The number of hydrogen-bond donors (Lipinski definition) is 1. The zero-order valence-corrected chi connectivity index (χ0v) is 19.8. The fourth-order valence-corrected chi connectivity index (χ4v) is 4.84. The summed E-state index contributed by atoms with van der Waals surface area (Å²) >= 11 is 0. The molecule has 1 aromatic heterocycles. The fourth-order valence-electron chi connectivity index (χ4n) is 4.84. The number of hydrogen-bond acceptors (Lipinski definition) is 6. The van der Waals surface area contributed by atoms with E-state index in [-0.39, 0.29) is 24.3 Å². The molecule has 0 radical (unpaired) electrons. The van der Waals surface area contributed by atoms with Crippen molar-refractivity contribution in [3.8, 4) is 17.2 Å². The van der Waals surface area contributed by atoms with Crippen LogP contribution in [0.3, 0.4) is 0 Å². The maximum Gasteiger partial charge on any atom is 0.272 e. The Kier molecular flexibility index (Phi) is 6.76. The predicted molar refractivity (Wildman–Crippen MR) is 122 cm³/mol. The lowest BCUT2D eigenvalue weighted by Crippen LogP contribution is -2.38. The Balaban J connectivity index is 1.50. The Hall–Kier alpha value is -3.23. The molecule has 1 aromatic carbocycles. The van der Waals surface area contributed by atoms with Gasteiger partial charge >= 0.3 is 0 Å². The summed E-state index contributed by atoms with van der Waals surface area (Å²) in [6, 6.07) is 3.80. The van der Waals surface area contributed by atoms with E-state index in [0.29, 0.717) is 42.5 Å². The van der Waals surface area contributed by atoms with E-state index in [2.05, 4.69) is 10.4 Å². The number of benzene rings is 1. The Bertz CT molecular complexity index is 1020. The van der Waals surface area contributed by atoms with Crippen molar-refractivity contribution < 1.29 is 23.8 Å². The smallest absolute Gasteiger partial charge is 0.272 e. The Morgan fingerprint density at radius 2 is 1.76 bits per heavy atom. The highest BCUT2D eigenvalue weighted by molar-refractivity contribution is 5.94. The number of carbonyl (C=O) groups is 2. The second kappa shape index (κ2) is 9.72. The number of methoxy groups -OCH3 is 3. The molecule has 2 aliphatic rings. The monoisotopic (exact) mass is 456 g/mol. The van der Waals surface area contributed by atoms with Gasteiger partial charge in [-0.1, -0.05) is 12.8 Å². The van der Waals surface area contributed by atoms with Gasteiger partial charge in [0.2, 0.25) is 11.7 Å². The van der Waals surface area contributed by atoms with Gasteiger partial charge in [0, 0.05) is 43.9 Å². The minimum absolute atomic E-state index is 0.0269. The van der Waals surface area contributed by atoms with Gasteiger partial charge in [0.1, 0.15) is 0 Å². The van der Waals surface area contributed by atoms with Crippen LogP contribution < -0.4 is 19.5 Å². The van der Waals surface area contributed by atoms with E-state index in [4.69, 9.17) is 14.2 Å². The number of rotatable bonds is 7. The molecule has 1 aliphatic heterocycles. The summed E-state index contributed by atoms with van der Waals surface area (Å²) in [6.07, 6.45) is 5.18. The van der Waals surface area contributed by atoms with Crippen LogP contribution in [0.2, 0.25) is 0 Å². The average Bonchev–Trinajstić information content (AvgIpc) is 3.45. The zero-order valence-electron chi connectivity index (χ0n) is 19.8. The van der Waals surface area contributed by atoms with Crippen molar-refractivity contribution in [2.45, 2.75) is 51.1 Å². The van der Waals surface area contributed by atoms with E-state index in [1.807, 2.05) is 7.05 Å². The molecular formula is C24H32N4O5.